The first-order valence-electron chi connectivity index (χ1n) is 9.19. The fourth-order valence-electron chi connectivity index (χ4n) is 2.39. The van der Waals surface area contributed by atoms with Gasteiger partial charge in [0.05, 0.1) is 18.3 Å². The molecule has 0 aliphatic heterocycles. The Morgan fingerprint density at radius 2 is 1.83 bits per heavy atom. The lowest BCUT2D eigenvalue weighted by molar-refractivity contribution is -0.145. The first kappa shape index (κ1) is 23.9. The van der Waals surface area contributed by atoms with E-state index in [1.807, 2.05) is 19.1 Å². The second-order valence-electron chi connectivity index (χ2n) is 6.32. The van der Waals surface area contributed by atoms with Gasteiger partial charge >= 0.3 is 12.1 Å². The van der Waals surface area contributed by atoms with Gasteiger partial charge in [0.15, 0.2) is 6.61 Å². The molecule has 2 aromatic carbocycles. The van der Waals surface area contributed by atoms with Crippen molar-refractivity contribution in [3.63, 3.8) is 0 Å². The molecule has 5 nitrogen and oxygen atoms in total. The highest BCUT2D eigenvalue weighted by Gasteiger charge is 2.30. The van der Waals surface area contributed by atoms with Crippen LogP contribution in [0.5, 0.6) is 11.5 Å². The van der Waals surface area contributed by atoms with Gasteiger partial charge in [-0.1, -0.05) is 0 Å². The Hall–Kier alpha value is -2.39. The lowest BCUT2D eigenvalue weighted by Gasteiger charge is -2.14. The summed E-state index contributed by atoms with van der Waals surface area (Å²) in [5, 5.41) is 10.1. The third-order valence-corrected chi connectivity index (χ3v) is 5.00. The van der Waals surface area contributed by atoms with Crippen LogP contribution in [-0.4, -0.2) is 42.8 Å². The number of carbonyl (C=O) groups excluding carboxylic acids is 1. The summed E-state index contributed by atoms with van der Waals surface area (Å²) in [6, 6.07) is 9.73. The fraction of sp³-hybridized carbons (Fsp3) is 0.381. The van der Waals surface area contributed by atoms with E-state index in [2.05, 4.69) is 0 Å². The van der Waals surface area contributed by atoms with E-state index >= 15 is 0 Å². The molecule has 1 atom stereocenters. The van der Waals surface area contributed by atoms with Crippen molar-refractivity contribution < 1.29 is 37.3 Å². The minimum absolute atomic E-state index is 0.0436. The molecule has 0 saturated carbocycles. The Bertz CT molecular complexity index is 824. The van der Waals surface area contributed by atoms with Crippen LogP contribution >= 0.6 is 11.8 Å². The summed E-state index contributed by atoms with van der Waals surface area (Å²) >= 11 is 1.40. The highest BCUT2D eigenvalue weighted by molar-refractivity contribution is 7.99. The molecule has 0 bridgehead atoms. The number of benzene rings is 2. The number of halogens is 3. The first-order chi connectivity index (χ1) is 14.2. The number of carbonyl (C=O) groups is 1. The molecule has 2 aromatic rings. The molecule has 164 valence electrons. The molecule has 1 N–H and O–H groups in total. The van der Waals surface area contributed by atoms with Gasteiger partial charge in [-0.3, -0.25) is 0 Å². The van der Waals surface area contributed by atoms with E-state index in [4.69, 9.17) is 14.2 Å². The van der Waals surface area contributed by atoms with Gasteiger partial charge in [-0.2, -0.15) is 13.2 Å². The van der Waals surface area contributed by atoms with Crippen LogP contribution in [0.1, 0.15) is 18.1 Å². The highest BCUT2D eigenvalue weighted by Crippen LogP contribution is 2.30. The van der Waals surface area contributed by atoms with Gasteiger partial charge in [0.1, 0.15) is 18.1 Å². The molecular weight excluding hydrogens is 421 g/mol. The Balaban J connectivity index is 1.78. The molecule has 0 aliphatic rings. The summed E-state index contributed by atoms with van der Waals surface area (Å²) in [6.45, 7) is 3.65. The van der Waals surface area contributed by atoms with Crippen LogP contribution in [0.3, 0.4) is 0 Å². The zero-order valence-corrected chi connectivity index (χ0v) is 17.4. The zero-order valence-electron chi connectivity index (χ0n) is 16.6. The smallest absolute Gasteiger partial charge is 0.416 e. The average molecular weight is 444 g/mol. The number of alkyl halides is 3. The van der Waals surface area contributed by atoms with Gasteiger partial charge in [0.2, 0.25) is 0 Å². The number of aliphatic hydroxyl groups excluding tert-OH is 1. The van der Waals surface area contributed by atoms with Crippen molar-refractivity contribution in [1.82, 2.24) is 0 Å². The SMILES string of the molecule is CCOC(=O)COc1ccc(SC[C@@H](O)COc2ccc(C(F)(F)F)cc2)cc1C. The monoisotopic (exact) mass is 444 g/mol. The maximum absolute atomic E-state index is 12.5. The number of aryl methyl sites for hydroxylation is 1. The summed E-state index contributed by atoms with van der Waals surface area (Å²) in [5.41, 5.74) is 0.0794. The molecule has 0 spiro atoms. The van der Waals surface area contributed by atoms with E-state index in [0.717, 1.165) is 22.6 Å². The topological polar surface area (TPSA) is 65.0 Å². The van der Waals surface area contributed by atoms with Gasteiger partial charge in [-0.25, -0.2) is 4.79 Å². The Morgan fingerprint density at radius 1 is 1.13 bits per heavy atom. The van der Waals surface area contributed by atoms with Crippen LogP contribution in [0.2, 0.25) is 0 Å². The second-order valence-corrected chi connectivity index (χ2v) is 7.41. The number of aliphatic hydroxyl groups is 1. The third kappa shape index (κ3) is 7.79. The van der Waals surface area contributed by atoms with E-state index in [0.29, 0.717) is 18.1 Å². The maximum Gasteiger partial charge on any atom is 0.416 e. The van der Waals surface area contributed by atoms with Gasteiger partial charge in [-0.15, -0.1) is 11.8 Å². The van der Waals surface area contributed by atoms with E-state index in [1.54, 1.807) is 13.0 Å². The van der Waals surface area contributed by atoms with Crippen molar-refractivity contribution in [2.75, 3.05) is 25.6 Å². The summed E-state index contributed by atoms with van der Waals surface area (Å²) < 4.78 is 53.2. The van der Waals surface area contributed by atoms with Gasteiger partial charge < -0.3 is 19.3 Å². The number of rotatable bonds is 10. The normalized spacial score (nSPS) is 12.3. The Labute approximate surface area is 177 Å². The summed E-state index contributed by atoms with van der Waals surface area (Å²) in [5.74, 6) is 0.722. The van der Waals surface area contributed by atoms with Crippen molar-refractivity contribution >= 4 is 17.7 Å². The highest BCUT2D eigenvalue weighted by atomic mass is 32.2. The summed E-state index contributed by atoms with van der Waals surface area (Å²) in [4.78, 5) is 12.2. The van der Waals surface area contributed by atoms with E-state index in [-0.39, 0.29) is 19.0 Å². The summed E-state index contributed by atoms with van der Waals surface area (Å²) in [7, 11) is 0. The summed E-state index contributed by atoms with van der Waals surface area (Å²) in [6.07, 6.45) is -5.20. The molecule has 9 heteroatoms. The van der Waals surface area contributed by atoms with Crippen molar-refractivity contribution in [3.05, 3.63) is 53.6 Å². The molecule has 0 saturated heterocycles. The van der Waals surface area contributed by atoms with Crippen molar-refractivity contribution in [2.45, 2.75) is 31.0 Å². The Morgan fingerprint density at radius 3 is 2.43 bits per heavy atom. The molecule has 0 aromatic heterocycles. The largest absolute Gasteiger partial charge is 0.491 e. The maximum atomic E-state index is 12.5. The van der Waals surface area contributed by atoms with Crippen LogP contribution in [-0.2, 0) is 15.7 Å². The molecule has 30 heavy (non-hydrogen) atoms. The molecule has 2 rings (SSSR count). The van der Waals surface area contributed by atoms with Gasteiger partial charge in [-0.05, 0) is 61.9 Å². The van der Waals surface area contributed by atoms with Crippen molar-refractivity contribution in [2.24, 2.45) is 0 Å². The number of ether oxygens (including phenoxy) is 3. The first-order valence-corrected chi connectivity index (χ1v) is 10.2. The van der Waals surface area contributed by atoms with E-state index in [1.165, 1.54) is 23.9 Å². The predicted molar refractivity (Wildman–Crippen MR) is 107 cm³/mol. The van der Waals surface area contributed by atoms with Crippen LogP contribution in [0.4, 0.5) is 13.2 Å². The molecule has 0 fully saturated rings. The van der Waals surface area contributed by atoms with Crippen molar-refractivity contribution in [3.8, 4) is 11.5 Å². The minimum atomic E-state index is -4.40. The van der Waals surface area contributed by atoms with E-state index in [9.17, 15) is 23.1 Å². The lowest BCUT2D eigenvalue weighted by atomic mass is 10.2. The standard InChI is InChI=1S/C21H23F3O5S/c1-3-27-20(26)12-29-19-9-8-18(10-14(19)2)30-13-16(25)11-28-17-6-4-15(5-7-17)21(22,23)24/h4-10,16,25H,3,11-13H2,1-2H3/t16-/m0/s1. The Kier molecular flexibility index (Phi) is 8.86. The molecule has 0 heterocycles. The van der Waals surface area contributed by atoms with Gasteiger partial charge in [0, 0.05) is 10.6 Å². The molecular formula is C21H23F3O5S. The van der Waals surface area contributed by atoms with Crippen LogP contribution in [0.25, 0.3) is 0 Å². The number of thioether (sulfide) groups is 1. The third-order valence-electron chi connectivity index (χ3n) is 3.86. The average Bonchev–Trinajstić information content (AvgIpc) is 2.70. The fourth-order valence-corrected chi connectivity index (χ4v) is 3.29. The van der Waals surface area contributed by atoms with Crippen molar-refractivity contribution in [1.29, 1.82) is 0 Å². The quantitative estimate of drug-likeness (QED) is 0.430. The molecule has 0 aliphatic carbocycles. The molecule has 0 radical (unpaired) electrons. The van der Waals surface area contributed by atoms with Crippen LogP contribution in [0.15, 0.2) is 47.4 Å². The van der Waals surface area contributed by atoms with Crippen LogP contribution in [0, 0.1) is 6.92 Å². The molecule has 0 unspecified atom stereocenters. The van der Waals surface area contributed by atoms with Gasteiger partial charge in [0.25, 0.3) is 0 Å². The number of hydrogen-bond donors (Lipinski definition) is 1. The van der Waals surface area contributed by atoms with Crippen LogP contribution < -0.4 is 9.47 Å². The van der Waals surface area contributed by atoms with E-state index < -0.39 is 23.8 Å². The lowest BCUT2D eigenvalue weighted by Crippen LogP contribution is -2.20. The minimum Gasteiger partial charge on any atom is -0.491 e. The number of hydrogen-bond acceptors (Lipinski definition) is 6. The number of esters is 1. The predicted octanol–water partition coefficient (Wildman–Crippen LogP) is 4.49. The zero-order chi connectivity index (χ0) is 22.1. The second kappa shape index (κ2) is 11.1. The molecule has 0 amide bonds.